The molecule has 2 aliphatic heterocycles. The third-order valence-electron chi connectivity index (χ3n) is 7.46. The monoisotopic (exact) mass is 548 g/mol. The molecule has 0 spiro atoms. The van der Waals surface area contributed by atoms with Crippen LogP contribution in [0, 0.1) is 0 Å². The molecule has 2 aromatic carbocycles. The lowest BCUT2D eigenvalue weighted by molar-refractivity contribution is -0.151. The summed E-state index contributed by atoms with van der Waals surface area (Å²) in [6.07, 6.45) is 4.50. The normalized spacial score (nSPS) is 21.9. The lowest BCUT2D eigenvalue weighted by Crippen LogP contribution is -2.40. The van der Waals surface area contributed by atoms with Gasteiger partial charge in [-0.05, 0) is 75.0 Å². The Morgan fingerprint density at radius 2 is 1.80 bits per heavy atom. The maximum atomic E-state index is 13.1. The van der Waals surface area contributed by atoms with E-state index in [2.05, 4.69) is 10.6 Å². The maximum absolute atomic E-state index is 13.1. The van der Waals surface area contributed by atoms with Gasteiger partial charge in [0.15, 0.2) is 0 Å². The number of unbranched alkanes of at least 4 members (excludes halogenated alkanes) is 2. The summed E-state index contributed by atoms with van der Waals surface area (Å²) in [6.45, 7) is 3.93. The van der Waals surface area contributed by atoms with Gasteiger partial charge in [0, 0.05) is 18.5 Å². The summed E-state index contributed by atoms with van der Waals surface area (Å²) in [5.41, 5.74) is 6.09. The minimum Gasteiger partial charge on any atom is -0.462 e. The second-order valence-electron chi connectivity index (χ2n) is 10.7. The van der Waals surface area contributed by atoms with Crippen molar-refractivity contribution in [2.45, 2.75) is 69.6 Å². The third kappa shape index (κ3) is 5.68. The van der Waals surface area contributed by atoms with Gasteiger partial charge in [-0.2, -0.15) is 0 Å². The highest BCUT2D eigenvalue weighted by molar-refractivity contribution is 6.13. The van der Waals surface area contributed by atoms with Crippen LogP contribution in [0.25, 0.3) is 0 Å². The molecular formula is C30H36N4O6. The van der Waals surface area contributed by atoms with E-state index >= 15 is 0 Å². The quantitative estimate of drug-likeness (QED) is 0.149. The highest BCUT2D eigenvalue weighted by Gasteiger charge is 2.72. The number of nitrogens with two attached hydrogens (primary N) is 1. The van der Waals surface area contributed by atoms with E-state index < -0.39 is 23.2 Å². The number of nitrogens with zero attached hydrogens (tertiary/aromatic N) is 1. The van der Waals surface area contributed by atoms with Crippen molar-refractivity contribution in [3.8, 4) is 0 Å². The number of rotatable bonds is 13. The molecule has 4 rings (SSSR count). The van der Waals surface area contributed by atoms with Crippen LogP contribution in [-0.2, 0) is 36.8 Å². The van der Waals surface area contributed by atoms with E-state index in [-0.39, 0.29) is 31.2 Å². The number of anilines is 2. The number of nitrogens with one attached hydrogen (secondary N) is 2. The first kappa shape index (κ1) is 29.1. The molecule has 2 aliphatic rings. The molecule has 10 heteroatoms. The van der Waals surface area contributed by atoms with E-state index in [4.69, 9.17) is 10.5 Å². The zero-order valence-electron chi connectivity index (χ0n) is 22.9. The Morgan fingerprint density at radius 1 is 1.07 bits per heavy atom. The number of amides is 2. The summed E-state index contributed by atoms with van der Waals surface area (Å²) in [5.74, 6) is -1.19. The summed E-state index contributed by atoms with van der Waals surface area (Å²) < 4.78 is 5.42. The number of aryl methyl sites for hydroxylation is 1. The summed E-state index contributed by atoms with van der Waals surface area (Å²) in [7, 11) is 0. The molecule has 4 N–H and O–H groups in total. The number of ether oxygens (including phenoxy) is 1. The molecule has 1 saturated heterocycles. The number of hydrogen-bond acceptors (Lipinski definition) is 8. The van der Waals surface area contributed by atoms with Gasteiger partial charge in [-0.15, -0.1) is 0 Å². The number of carbonyl (C=O) groups is 5. The highest BCUT2D eigenvalue weighted by atomic mass is 16.5. The Kier molecular flexibility index (Phi) is 8.80. The molecule has 2 atom stereocenters. The van der Waals surface area contributed by atoms with Crippen molar-refractivity contribution in [3.05, 3.63) is 59.2 Å². The second kappa shape index (κ2) is 12.1. The molecule has 1 unspecified atom stereocenters. The summed E-state index contributed by atoms with van der Waals surface area (Å²) in [6, 6.07) is 12.6. The Morgan fingerprint density at radius 3 is 2.45 bits per heavy atom. The van der Waals surface area contributed by atoms with Crippen LogP contribution in [0.5, 0.6) is 0 Å². The van der Waals surface area contributed by atoms with Gasteiger partial charge in [0.1, 0.15) is 23.7 Å². The van der Waals surface area contributed by atoms with Gasteiger partial charge in [0.2, 0.25) is 0 Å². The molecule has 40 heavy (non-hydrogen) atoms. The zero-order valence-corrected chi connectivity index (χ0v) is 22.9. The van der Waals surface area contributed by atoms with Crippen molar-refractivity contribution in [2.24, 2.45) is 5.73 Å². The van der Waals surface area contributed by atoms with Crippen LogP contribution in [0.1, 0.15) is 61.0 Å². The van der Waals surface area contributed by atoms with Gasteiger partial charge >= 0.3 is 5.97 Å². The SMILES string of the molecule is CC(C)OC(=O)[C@]1(Cc2ccc(N3C(=O)CNC(=O)c4cc(CCCCCN)ccc43)cc2)NC1(C=O)CC=O. The molecule has 0 aliphatic carbocycles. The lowest BCUT2D eigenvalue weighted by Gasteiger charge is -2.23. The summed E-state index contributed by atoms with van der Waals surface area (Å²) in [4.78, 5) is 63.7. The van der Waals surface area contributed by atoms with E-state index in [1.165, 1.54) is 4.90 Å². The van der Waals surface area contributed by atoms with E-state index in [0.717, 1.165) is 31.2 Å². The molecule has 0 saturated carbocycles. The molecule has 2 aromatic rings. The molecule has 10 nitrogen and oxygen atoms in total. The molecule has 2 amide bonds. The van der Waals surface area contributed by atoms with Crippen molar-refractivity contribution in [1.29, 1.82) is 0 Å². The first-order chi connectivity index (χ1) is 19.2. The third-order valence-corrected chi connectivity index (χ3v) is 7.46. The van der Waals surface area contributed by atoms with Crippen LogP contribution in [0.15, 0.2) is 42.5 Å². The second-order valence-corrected chi connectivity index (χ2v) is 10.7. The van der Waals surface area contributed by atoms with Gasteiger partial charge in [0.05, 0.1) is 23.9 Å². The van der Waals surface area contributed by atoms with Crippen molar-refractivity contribution < 1.29 is 28.7 Å². The molecule has 1 fully saturated rings. The predicted octanol–water partition coefficient (Wildman–Crippen LogP) is 2.13. The van der Waals surface area contributed by atoms with Gasteiger partial charge in [-0.25, -0.2) is 4.79 Å². The Hall–Kier alpha value is -3.89. The fraction of sp³-hybridized carbons (Fsp3) is 0.433. The number of aldehydes is 2. The minimum atomic E-state index is -1.36. The maximum Gasteiger partial charge on any atom is 0.329 e. The van der Waals surface area contributed by atoms with E-state index in [0.29, 0.717) is 41.6 Å². The molecule has 212 valence electrons. The predicted molar refractivity (Wildman–Crippen MR) is 149 cm³/mol. The zero-order chi connectivity index (χ0) is 28.9. The van der Waals surface area contributed by atoms with Crippen LogP contribution in [0.3, 0.4) is 0 Å². The van der Waals surface area contributed by atoms with E-state index in [9.17, 15) is 24.0 Å². The number of carbonyl (C=O) groups excluding carboxylic acids is 5. The Labute approximate surface area is 233 Å². The standard InChI is InChI=1S/C30H36N4O6/c1-20(2)40-28(39)30(29(19-36,33-30)13-15-35)17-22-7-10-23(11-8-22)34-25-12-9-21(6-4-3-5-14-31)16-24(25)27(38)32-18-26(34)37/h7-12,15-16,19-20,33H,3-6,13-14,17-18,31H2,1-2H3,(H,32,38)/t29?,30-/m0/s1. The topological polar surface area (TPSA) is 158 Å². The molecule has 2 heterocycles. The van der Waals surface area contributed by atoms with Crippen LogP contribution in [-0.4, -0.2) is 60.6 Å². The molecular weight excluding hydrogens is 512 g/mol. The van der Waals surface area contributed by atoms with Gasteiger partial charge in [-0.1, -0.05) is 24.6 Å². The minimum absolute atomic E-state index is 0.115. The average Bonchev–Trinajstić information content (AvgIpc) is 3.61. The Balaban J connectivity index is 1.60. The Bertz CT molecular complexity index is 1290. The molecule has 0 aromatic heterocycles. The summed E-state index contributed by atoms with van der Waals surface area (Å²) in [5, 5.41) is 5.64. The van der Waals surface area contributed by atoms with Crippen LogP contribution < -0.4 is 21.3 Å². The van der Waals surface area contributed by atoms with E-state index in [1.54, 1.807) is 44.2 Å². The van der Waals surface area contributed by atoms with Gasteiger partial charge in [0.25, 0.3) is 11.8 Å². The largest absolute Gasteiger partial charge is 0.462 e. The number of fused-ring (bicyclic) bond motifs is 1. The smallest absolute Gasteiger partial charge is 0.329 e. The number of benzene rings is 2. The van der Waals surface area contributed by atoms with E-state index in [1.807, 2.05) is 12.1 Å². The first-order valence-corrected chi connectivity index (χ1v) is 13.6. The van der Waals surface area contributed by atoms with Crippen LogP contribution >= 0.6 is 0 Å². The molecule has 0 bridgehead atoms. The van der Waals surface area contributed by atoms with Gasteiger partial charge in [-0.3, -0.25) is 19.8 Å². The summed E-state index contributed by atoms with van der Waals surface area (Å²) >= 11 is 0. The fourth-order valence-electron chi connectivity index (χ4n) is 5.29. The van der Waals surface area contributed by atoms with Gasteiger partial charge < -0.3 is 25.4 Å². The number of esters is 1. The highest BCUT2D eigenvalue weighted by Crippen LogP contribution is 2.44. The van der Waals surface area contributed by atoms with Crippen LogP contribution in [0.2, 0.25) is 0 Å². The van der Waals surface area contributed by atoms with Crippen LogP contribution in [0.4, 0.5) is 11.4 Å². The van der Waals surface area contributed by atoms with Crippen molar-refractivity contribution in [1.82, 2.24) is 10.6 Å². The number of hydrogen-bond donors (Lipinski definition) is 3. The van der Waals surface area contributed by atoms with Crippen molar-refractivity contribution >= 4 is 41.7 Å². The molecule has 0 radical (unpaired) electrons. The average molecular weight is 549 g/mol. The lowest BCUT2D eigenvalue weighted by atomic mass is 9.85. The van der Waals surface area contributed by atoms with Crippen molar-refractivity contribution in [2.75, 3.05) is 18.0 Å². The van der Waals surface area contributed by atoms with Crippen molar-refractivity contribution in [3.63, 3.8) is 0 Å². The fourth-order valence-corrected chi connectivity index (χ4v) is 5.29. The first-order valence-electron chi connectivity index (χ1n) is 13.6.